The molecule has 0 radical (unpaired) electrons. The van der Waals surface area contributed by atoms with Crippen molar-refractivity contribution in [3.8, 4) is 16.3 Å². The van der Waals surface area contributed by atoms with Crippen LogP contribution in [-0.4, -0.2) is 85.5 Å². The molecule has 1 fully saturated rings. The number of ether oxygens (including phenoxy) is 2. The third-order valence-electron chi connectivity index (χ3n) is 6.54. The van der Waals surface area contributed by atoms with E-state index in [-0.39, 0.29) is 30.7 Å². The summed E-state index contributed by atoms with van der Waals surface area (Å²) in [5.41, 5.74) is 1.98. The van der Waals surface area contributed by atoms with Gasteiger partial charge in [0.1, 0.15) is 21.3 Å². The molecule has 0 saturated carbocycles. The molecule has 0 bridgehead atoms. The number of aliphatic hydroxyl groups is 1. The maximum atomic E-state index is 13.2. The Kier molecular flexibility index (Phi) is 6.30. The number of pyridine rings is 3. The molecule has 13 heteroatoms. The smallest absolute Gasteiger partial charge is 0.261 e. The van der Waals surface area contributed by atoms with E-state index in [2.05, 4.69) is 25.4 Å². The number of carbonyl (C=O) groups excluding carboxylic acids is 1. The highest BCUT2D eigenvalue weighted by Crippen LogP contribution is 2.36. The van der Waals surface area contributed by atoms with Crippen molar-refractivity contribution in [3.05, 3.63) is 47.1 Å². The summed E-state index contributed by atoms with van der Waals surface area (Å²) in [7, 11) is 1.56. The van der Waals surface area contributed by atoms with Crippen LogP contribution in [0.3, 0.4) is 0 Å². The first kappa shape index (κ1) is 25.4. The molecule has 5 aromatic heterocycles. The van der Waals surface area contributed by atoms with Gasteiger partial charge in [0, 0.05) is 25.5 Å². The molecule has 1 aliphatic rings. The summed E-state index contributed by atoms with van der Waals surface area (Å²) >= 11 is 1.41. The zero-order chi connectivity index (χ0) is 27.3. The second-order valence-electron chi connectivity index (χ2n) is 10.1. The Hall–Kier alpha value is -3.91. The van der Waals surface area contributed by atoms with Gasteiger partial charge in [-0.05, 0) is 32.0 Å². The topological polar surface area (TPSA) is 147 Å². The van der Waals surface area contributed by atoms with Gasteiger partial charge < -0.3 is 24.9 Å². The number of rotatable bonds is 6. The molecule has 202 valence electrons. The van der Waals surface area contributed by atoms with Gasteiger partial charge in [-0.25, -0.2) is 9.50 Å². The van der Waals surface area contributed by atoms with Crippen LogP contribution in [0.15, 0.2) is 41.6 Å². The molecular weight excluding hydrogens is 522 g/mol. The number of H-pyrrole nitrogens is 1. The van der Waals surface area contributed by atoms with Crippen LogP contribution in [0.5, 0.6) is 5.88 Å². The summed E-state index contributed by atoms with van der Waals surface area (Å²) in [5.74, 6) is 0.266. The maximum absolute atomic E-state index is 13.2. The highest BCUT2D eigenvalue weighted by Gasteiger charge is 2.33. The summed E-state index contributed by atoms with van der Waals surface area (Å²) in [4.78, 5) is 41.1. The fourth-order valence-electron chi connectivity index (χ4n) is 5.12. The van der Waals surface area contributed by atoms with E-state index >= 15 is 0 Å². The standard InChI is InChI=1S/C26H27N7O5S/c1-26(2)13-32(9-15(12-34)38-26)11-19(35)29-14-7-17-21(28-8-14)22-20(23(36)30-17)25-33(31-22)10-18(39-25)16-5-4-6-27-24(16)37-3/h4-8,10,15,34H,9,11-13H2,1-3H3,(H,29,35)(H,30,36)/t15-/m0/s1. The molecule has 3 N–H and O–H groups in total. The first-order chi connectivity index (χ1) is 18.7. The van der Waals surface area contributed by atoms with E-state index in [0.29, 0.717) is 51.4 Å². The number of amides is 1. The minimum absolute atomic E-state index is 0.108. The van der Waals surface area contributed by atoms with Gasteiger partial charge in [-0.2, -0.15) is 5.10 Å². The van der Waals surface area contributed by atoms with Crippen LogP contribution in [0.1, 0.15) is 13.8 Å². The van der Waals surface area contributed by atoms with Gasteiger partial charge in [0.05, 0.1) is 59.8 Å². The minimum Gasteiger partial charge on any atom is -0.481 e. The Balaban J connectivity index is 1.28. The van der Waals surface area contributed by atoms with Gasteiger partial charge in [-0.15, -0.1) is 11.3 Å². The number of anilines is 1. The lowest BCUT2D eigenvalue weighted by atomic mass is 10.1. The average Bonchev–Trinajstić information content (AvgIpc) is 3.46. The summed E-state index contributed by atoms with van der Waals surface area (Å²) in [6.07, 6.45) is 4.71. The van der Waals surface area contributed by atoms with Crippen LogP contribution in [0, 0.1) is 0 Å². The van der Waals surface area contributed by atoms with E-state index in [1.807, 2.05) is 37.1 Å². The van der Waals surface area contributed by atoms with Crippen molar-refractivity contribution in [2.75, 3.05) is 38.7 Å². The van der Waals surface area contributed by atoms with Crippen LogP contribution < -0.4 is 15.6 Å². The van der Waals surface area contributed by atoms with Crippen LogP contribution in [-0.2, 0) is 9.53 Å². The molecule has 0 aliphatic carbocycles. The lowest BCUT2D eigenvalue weighted by Gasteiger charge is -2.41. The molecule has 6 heterocycles. The Morgan fingerprint density at radius 3 is 3.00 bits per heavy atom. The number of aromatic amines is 1. The van der Waals surface area contributed by atoms with Gasteiger partial charge in [0.15, 0.2) is 0 Å². The molecule has 0 spiro atoms. The average molecular weight is 550 g/mol. The van der Waals surface area contributed by atoms with Gasteiger partial charge in [0.2, 0.25) is 11.8 Å². The largest absolute Gasteiger partial charge is 0.481 e. The van der Waals surface area contributed by atoms with Crippen LogP contribution in [0.2, 0.25) is 0 Å². The van der Waals surface area contributed by atoms with Crippen molar-refractivity contribution in [2.24, 2.45) is 0 Å². The summed E-state index contributed by atoms with van der Waals surface area (Å²) in [6.45, 7) is 4.91. The maximum Gasteiger partial charge on any atom is 0.261 e. The van der Waals surface area contributed by atoms with E-state index in [1.165, 1.54) is 11.3 Å². The van der Waals surface area contributed by atoms with Gasteiger partial charge >= 0.3 is 0 Å². The molecule has 0 unspecified atom stereocenters. The normalized spacial score (nSPS) is 17.7. The van der Waals surface area contributed by atoms with Gasteiger partial charge in [-0.1, -0.05) is 0 Å². The zero-order valence-corrected chi connectivity index (χ0v) is 22.4. The number of nitrogens with one attached hydrogen (secondary N) is 2. The second-order valence-corrected chi connectivity index (χ2v) is 11.1. The number of methoxy groups -OCH3 is 1. The van der Waals surface area contributed by atoms with E-state index < -0.39 is 5.60 Å². The molecule has 6 rings (SSSR count). The third-order valence-corrected chi connectivity index (χ3v) is 7.67. The second kappa shape index (κ2) is 9.68. The van der Waals surface area contributed by atoms with Crippen molar-refractivity contribution in [3.63, 3.8) is 0 Å². The van der Waals surface area contributed by atoms with Crippen LogP contribution in [0.4, 0.5) is 5.69 Å². The number of carbonyl (C=O) groups is 1. The van der Waals surface area contributed by atoms with Crippen molar-refractivity contribution < 1.29 is 19.4 Å². The molecular formula is C26H27N7O5S. The number of hydrogen-bond donors (Lipinski definition) is 3. The molecule has 5 aromatic rings. The van der Waals surface area contributed by atoms with Crippen LogP contribution in [0.25, 0.3) is 37.2 Å². The molecule has 1 aliphatic heterocycles. The van der Waals surface area contributed by atoms with E-state index in [0.717, 1.165) is 10.4 Å². The Labute approximate surface area is 226 Å². The fraction of sp³-hybridized carbons (Fsp3) is 0.346. The lowest BCUT2D eigenvalue weighted by molar-refractivity contribution is -0.151. The van der Waals surface area contributed by atoms with Crippen molar-refractivity contribution >= 4 is 49.7 Å². The van der Waals surface area contributed by atoms with Gasteiger partial charge in [-0.3, -0.25) is 19.5 Å². The molecule has 1 amide bonds. The van der Waals surface area contributed by atoms with Crippen LogP contribution >= 0.6 is 11.3 Å². The SMILES string of the molecule is COc1ncccc1-c1cn2nc3c4ncc(NC(=O)CN5C[C@@H](CO)OC(C)(C)C5)cc4[nH]c(=O)c3c2s1. The van der Waals surface area contributed by atoms with Crippen molar-refractivity contribution in [2.45, 2.75) is 25.6 Å². The number of hydrogen-bond acceptors (Lipinski definition) is 10. The first-order valence-electron chi connectivity index (χ1n) is 12.4. The Morgan fingerprint density at radius 1 is 1.36 bits per heavy atom. The molecule has 1 saturated heterocycles. The molecule has 1 atom stereocenters. The number of thiazole rings is 1. The molecule has 39 heavy (non-hydrogen) atoms. The number of fused-ring (bicyclic) bond motifs is 5. The predicted molar refractivity (Wildman–Crippen MR) is 147 cm³/mol. The fourth-order valence-corrected chi connectivity index (χ4v) is 6.22. The highest BCUT2D eigenvalue weighted by molar-refractivity contribution is 7.21. The van der Waals surface area contributed by atoms with E-state index in [9.17, 15) is 14.7 Å². The molecule has 0 aromatic carbocycles. The number of aromatic nitrogens is 5. The van der Waals surface area contributed by atoms with E-state index in [4.69, 9.17) is 9.47 Å². The number of morpholine rings is 1. The van der Waals surface area contributed by atoms with E-state index in [1.54, 1.807) is 30.1 Å². The number of nitrogens with zero attached hydrogens (tertiary/aromatic N) is 5. The third kappa shape index (κ3) is 4.74. The monoisotopic (exact) mass is 549 g/mol. The summed E-state index contributed by atoms with van der Waals surface area (Å²) in [5, 5.41) is 17.5. The Bertz CT molecular complexity index is 1780. The first-order valence-corrected chi connectivity index (χ1v) is 13.2. The predicted octanol–water partition coefficient (Wildman–Crippen LogP) is 2.27. The van der Waals surface area contributed by atoms with Gasteiger partial charge in [0.25, 0.3) is 5.56 Å². The highest BCUT2D eigenvalue weighted by atomic mass is 32.1. The Morgan fingerprint density at radius 2 is 2.21 bits per heavy atom. The number of aliphatic hydroxyl groups excluding tert-OH is 1. The lowest BCUT2D eigenvalue weighted by Crippen LogP contribution is -2.55. The van der Waals surface area contributed by atoms with Crippen molar-refractivity contribution in [1.82, 2.24) is 29.5 Å². The summed E-state index contributed by atoms with van der Waals surface area (Å²) in [6, 6.07) is 5.41. The molecule has 12 nitrogen and oxygen atoms in total. The quantitative estimate of drug-likeness (QED) is 0.290. The summed E-state index contributed by atoms with van der Waals surface area (Å²) < 4.78 is 12.9. The van der Waals surface area contributed by atoms with Crippen molar-refractivity contribution in [1.29, 1.82) is 0 Å². The minimum atomic E-state index is -0.468. The zero-order valence-electron chi connectivity index (χ0n) is 21.6.